The van der Waals surface area contributed by atoms with Gasteiger partial charge in [0.25, 0.3) is 0 Å². The summed E-state index contributed by atoms with van der Waals surface area (Å²) in [6.45, 7) is -0.618. The minimum atomic E-state index is -0.636. The number of nitrogens with zero attached hydrogens (tertiary/aromatic N) is 2. The third-order valence-corrected chi connectivity index (χ3v) is 5.51. The fraction of sp³-hybridized carbons (Fsp3) is 0.154. The number of hydrogen-bond acceptors (Lipinski definition) is 8. The molecule has 0 spiro atoms. The third-order valence-electron chi connectivity index (χ3n) is 5.51. The lowest BCUT2D eigenvalue weighted by molar-refractivity contribution is -0.146. The van der Waals surface area contributed by atoms with Crippen molar-refractivity contribution < 1.29 is 27.9 Å². The van der Waals surface area contributed by atoms with E-state index < -0.39 is 23.5 Å². The van der Waals surface area contributed by atoms with E-state index in [1.165, 1.54) is 9.13 Å². The van der Waals surface area contributed by atoms with Crippen molar-refractivity contribution in [2.75, 3.05) is 0 Å². The van der Waals surface area contributed by atoms with Gasteiger partial charge in [-0.05, 0) is 41.5 Å². The lowest BCUT2D eigenvalue weighted by Gasteiger charge is -2.09. The standard InChI is InChI=1S/C26H20N2O8/c29-23(13-27-19-8-1-3-10-21(19)35-25(27)31)33-15-17-6-5-7-18(12-17)16-34-24(30)14-28-20-9-2-4-11-22(20)36-26(28)32/h1-12H,13-16H2. The Hall–Kier alpha value is -4.86. The number of ether oxygens (including phenoxy) is 2. The van der Waals surface area contributed by atoms with E-state index in [-0.39, 0.29) is 26.3 Å². The first-order valence-electron chi connectivity index (χ1n) is 11.0. The van der Waals surface area contributed by atoms with E-state index in [0.29, 0.717) is 33.3 Å². The van der Waals surface area contributed by atoms with E-state index in [4.69, 9.17) is 18.3 Å². The average molecular weight is 488 g/mol. The van der Waals surface area contributed by atoms with Gasteiger partial charge in [0.15, 0.2) is 11.2 Å². The Morgan fingerprint density at radius 1 is 0.639 bits per heavy atom. The van der Waals surface area contributed by atoms with Gasteiger partial charge in [0, 0.05) is 0 Å². The molecular weight excluding hydrogens is 468 g/mol. The molecule has 0 N–H and O–H groups in total. The third kappa shape index (κ3) is 4.83. The normalized spacial score (nSPS) is 11.1. The molecule has 10 heteroatoms. The predicted octanol–water partition coefficient (Wildman–Crippen LogP) is 2.99. The number of para-hydroxylation sites is 4. The highest BCUT2D eigenvalue weighted by atomic mass is 16.5. The lowest BCUT2D eigenvalue weighted by atomic mass is 10.1. The largest absolute Gasteiger partial charge is 0.459 e. The molecule has 2 aromatic heterocycles. The molecule has 10 nitrogen and oxygen atoms in total. The van der Waals surface area contributed by atoms with Crippen LogP contribution >= 0.6 is 0 Å². The van der Waals surface area contributed by atoms with E-state index in [9.17, 15) is 19.2 Å². The van der Waals surface area contributed by atoms with Gasteiger partial charge >= 0.3 is 23.5 Å². The molecule has 5 rings (SSSR count). The van der Waals surface area contributed by atoms with Crippen molar-refractivity contribution in [3.8, 4) is 0 Å². The molecule has 182 valence electrons. The van der Waals surface area contributed by atoms with Crippen molar-refractivity contribution in [2.24, 2.45) is 0 Å². The van der Waals surface area contributed by atoms with Crippen LogP contribution in [-0.4, -0.2) is 21.1 Å². The Morgan fingerprint density at radius 3 is 1.56 bits per heavy atom. The molecule has 0 aliphatic carbocycles. The average Bonchev–Trinajstić information content (AvgIpc) is 3.37. The molecule has 0 unspecified atom stereocenters. The van der Waals surface area contributed by atoms with Crippen molar-refractivity contribution in [3.05, 3.63) is 105 Å². The van der Waals surface area contributed by atoms with Crippen LogP contribution in [0.1, 0.15) is 11.1 Å². The number of hydrogen-bond donors (Lipinski definition) is 0. The van der Waals surface area contributed by atoms with Gasteiger partial charge in [0.05, 0.1) is 11.0 Å². The highest BCUT2D eigenvalue weighted by Gasteiger charge is 2.15. The van der Waals surface area contributed by atoms with Gasteiger partial charge in [0.2, 0.25) is 0 Å². The van der Waals surface area contributed by atoms with Crippen LogP contribution < -0.4 is 11.5 Å². The summed E-state index contributed by atoms with van der Waals surface area (Å²) in [5.74, 6) is -2.47. The first kappa shape index (κ1) is 22.9. The molecule has 5 aromatic rings. The minimum absolute atomic E-state index is 0.0262. The molecule has 36 heavy (non-hydrogen) atoms. The van der Waals surface area contributed by atoms with Crippen LogP contribution in [0.15, 0.2) is 91.2 Å². The van der Waals surface area contributed by atoms with Crippen LogP contribution in [0.4, 0.5) is 0 Å². The smallest absolute Gasteiger partial charge is 0.420 e. The number of carbonyl (C=O) groups excluding carboxylic acids is 2. The quantitative estimate of drug-likeness (QED) is 0.306. The number of benzene rings is 3. The van der Waals surface area contributed by atoms with Crippen LogP contribution in [0.3, 0.4) is 0 Å². The highest BCUT2D eigenvalue weighted by Crippen LogP contribution is 2.14. The zero-order valence-electron chi connectivity index (χ0n) is 18.9. The van der Waals surface area contributed by atoms with Crippen LogP contribution in [0, 0.1) is 0 Å². The highest BCUT2D eigenvalue weighted by molar-refractivity contribution is 5.77. The molecule has 0 saturated carbocycles. The fourth-order valence-corrected chi connectivity index (χ4v) is 3.81. The van der Waals surface area contributed by atoms with Crippen LogP contribution in [0.5, 0.6) is 0 Å². The van der Waals surface area contributed by atoms with E-state index in [0.717, 1.165) is 0 Å². The topological polar surface area (TPSA) is 123 Å². The minimum Gasteiger partial charge on any atom is -0.459 e. The SMILES string of the molecule is O=C(Cn1c(=O)oc2ccccc21)OCc1cccc(COC(=O)Cn2c(=O)oc3ccccc32)c1. The summed E-state index contributed by atoms with van der Waals surface area (Å²) in [5.41, 5.74) is 3.16. The molecule has 0 aliphatic heterocycles. The number of oxazole rings is 2. The van der Waals surface area contributed by atoms with Crippen LogP contribution in [0.25, 0.3) is 22.2 Å². The monoisotopic (exact) mass is 488 g/mol. The zero-order chi connectivity index (χ0) is 25.1. The Labute approximate surface area is 202 Å². The first-order valence-corrected chi connectivity index (χ1v) is 11.0. The van der Waals surface area contributed by atoms with Gasteiger partial charge in [0.1, 0.15) is 26.3 Å². The maximum atomic E-state index is 12.3. The van der Waals surface area contributed by atoms with Crippen molar-refractivity contribution in [2.45, 2.75) is 26.3 Å². The molecule has 0 bridgehead atoms. The van der Waals surface area contributed by atoms with Gasteiger partial charge in [-0.15, -0.1) is 0 Å². The molecule has 0 aliphatic rings. The summed E-state index contributed by atoms with van der Waals surface area (Å²) in [7, 11) is 0. The second-order valence-electron chi connectivity index (χ2n) is 7.98. The molecule has 3 aromatic carbocycles. The fourth-order valence-electron chi connectivity index (χ4n) is 3.81. The molecule has 2 heterocycles. The number of carbonyl (C=O) groups is 2. The second-order valence-corrected chi connectivity index (χ2v) is 7.98. The van der Waals surface area contributed by atoms with E-state index >= 15 is 0 Å². The number of rotatable bonds is 8. The molecular formula is C26H20N2O8. The van der Waals surface area contributed by atoms with Crippen molar-refractivity contribution in [1.29, 1.82) is 0 Å². The zero-order valence-corrected chi connectivity index (χ0v) is 18.9. The van der Waals surface area contributed by atoms with Gasteiger partial charge in [-0.25, -0.2) is 9.59 Å². The van der Waals surface area contributed by atoms with Crippen LogP contribution in [-0.2, 0) is 45.4 Å². The van der Waals surface area contributed by atoms with Crippen LogP contribution in [0.2, 0.25) is 0 Å². The summed E-state index contributed by atoms with van der Waals surface area (Å²) in [4.78, 5) is 48.7. The van der Waals surface area contributed by atoms with E-state index in [1.807, 2.05) is 0 Å². The Kier molecular flexibility index (Phi) is 6.23. The maximum Gasteiger partial charge on any atom is 0.420 e. The second kappa shape index (κ2) is 9.79. The lowest BCUT2D eigenvalue weighted by Crippen LogP contribution is -2.21. The van der Waals surface area contributed by atoms with E-state index in [1.54, 1.807) is 72.8 Å². The predicted molar refractivity (Wildman–Crippen MR) is 127 cm³/mol. The van der Waals surface area contributed by atoms with Gasteiger partial charge < -0.3 is 18.3 Å². The number of fused-ring (bicyclic) bond motifs is 2. The van der Waals surface area contributed by atoms with Crippen molar-refractivity contribution in [3.63, 3.8) is 0 Å². The summed E-state index contributed by atoms with van der Waals surface area (Å²) in [5, 5.41) is 0. The number of aromatic nitrogens is 2. The van der Waals surface area contributed by atoms with Crippen molar-refractivity contribution >= 4 is 34.1 Å². The van der Waals surface area contributed by atoms with Gasteiger partial charge in [-0.3, -0.25) is 18.7 Å². The molecule has 0 radical (unpaired) electrons. The van der Waals surface area contributed by atoms with E-state index in [2.05, 4.69) is 0 Å². The Bertz CT molecular complexity index is 1570. The summed E-state index contributed by atoms with van der Waals surface area (Å²) in [6.07, 6.45) is 0. The maximum absolute atomic E-state index is 12.3. The Morgan fingerprint density at radius 2 is 1.08 bits per heavy atom. The Balaban J connectivity index is 1.16. The molecule has 0 fully saturated rings. The van der Waals surface area contributed by atoms with Crippen molar-refractivity contribution in [1.82, 2.24) is 9.13 Å². The summed E-state index contributed by atoms with van der Waals surface area (Å²) < 4.78 is 23.3. The number of esters is 2. The first-order chi connectivity index (χ1) is 17.5. The summed E-state index contributed by atoms with van der Waals surface area (Å²) >= 11 is 0. The molecule has 0 saturated heterocycles. The molecule has 0 amide bonds. The summed E-state index contributed by atoms with van der Waals surface area (Å²) in [6, 6.07) is 20.6. The molecule has 0 atom stereocenters. The van der Waals surface area contributed by atoms with Gasteiger partial charge in [-0.1, -0.05) is 42.5 Å². The van der Waals surface area contributed by atoms with Gasteiger partial charge in [-0.2, -0.15) is 0 Å².